The van der Waals surface area contributed by atoms with Crippen LogP contribution in [0.15, 0.2) is 28.9 Å². The Hall–Kier alpha value is -2.16. The average molecular weight is 418 g/mol. The molecule has 1 aromatic carbocycles. The second-order valence-electron chi connectivity index (χ2n) is 5.18. The smallest absolute Gasteiger partial charge is 0.387 e. The highest BCUT2D eigenvalue weighted by molar-refractivity contribution is 9.10. The molecular formula is C16H18BrF2N3O3. The Morgan fingerprint density at radius 2 is 2.12 bits per heavy atom. The Kier molecular flexibility index (Phi) is 6.35. The van der Waals surface area contributed by atoms with Gasteiger partial charge in [0.25, 0.3) is 0 Å². The lowest BCUT2D eigenvalue weighted by Gasteiger charge is -2.15. The van der Waals surface area contributed by atoms with Gasteiger partial charge in [0.1, 0.15) is 6.04 Å². The summed E-state index contributed by atoms with van der Waals surface area (Å²) in [7, 11) is 0. The Labute approximate surface area is 152 Å². The van der Waals surface area contributed by atoms with Crippen molar-refractivity contribution >= 4 is 27.5 Å². The van der Waals surface area contributed by atoms with Crippen molar-refractivity contribution in [2.75, 3.05) is 11.9 Å². The highest BCUT2D eigenvalue weighted by atomic mass is 79.9. The molecule has 0 radical (unpaired) electrons. The molecular weight excluding hydrogens is 400 g/mol. The van der Waals surface area contributed by atoms with Gasteiger partial charge in [-0.2, -0.15) is 13.9 Å². The minimum atomic E-state index is -2.96. The Morgan fingerprint density at radius 1 is 1.40 bits per heavy atom. The van der Waals surface area contributed by atoms with E-state index >= 15 is 0 Å². The minimum Gasteiger partial charge on any atom is -0.490 e. The fourth-order valence-corrected chi connectivity index (χ4v) is 2.36. The molecule has 2 aromatic rings. The van der Waals surface area contributed by atoms with Crippen molar-refractivity contribution in [1.82, 2.24) is 9.78 Å². The highest BCUT2D eigenvalue weighted by Crippen LogP contribution is 2.32. The van der Waals surface area contributed by atoms with E-state index in [2.05, 4.69) is 31.1 Å². The molecule has 2 rings (SSSR count). The molecule has 1 aromatic heterocycles. The van der Waals surface area contributed by atoms with Gasteiger partial charge in [-0.3, -0.25) is 9.48 Å². The number of nitrogens with zero attached hydrogens (tertiary/aromatic N) is 2. The van der Waals surface area contributed by atoms with Crippen LogP contribution >= 0.6 is 15.9 Å². The summed E-state index contributed by atoms with van der Waals surface area (Å²) in [5.41, 5.74) is 1.18. The minimum absolute atomic E-state index is 0.0884. The van der Waals surface area contributed by atoms with Gasteiger partial charge < -0.3 is 14.8 Å². The summed E-state index contributed by atoms with van der Waals surface area (Å²) < 4.78 is 36.9. The van der Waals surface area contributed by atoms with Gasteiger partial charge in [0.2, 0.25) is 5.91 Å². The van der Waals surface area contributed by atoms with Gasteiger partial charge in [-0.25, -0.2) is 0 Å². The monoisotopic (exact) mass is 417 g/mol. The van der Waals surface area contributed by atoms with Crippen LogP contribution in [-0.4, -0.2) is 28.9 Å². The van der Waals surface area contributed by atoms with Crippen molar-refractivity contribution < 1.29 is 23.0 Å². The first kappa shape index (κ1) is 19.2. The zero-order valence-corrected chi connectivity index (χ0v) is 15.5. The number of halogens is 3. The lowest BCUT2D eigenvalue weighted by Crippen LogP contribution is -2.24. The first-order valence-electron chi connectivity index (χ1n) is 7.55. The molecule has 25 heavy (non-hydrogen) atoms. The molecule has 6 nitrogen and oxygen atoms in total. The van der Waals surface area contributed by atoms with E-state index in [0.717, 1.165) is 10.2 Å². The second-order valence-corrected chi connectivity index (χ2v) is 6.04. The van der Waals surface area contributed by atoms with Gasteiger partial charge in [0, 0.05) is 18.0 Å². The van der Waals surface area contributed by atoms with Crippen LogP contribution in [0.2, 0.25) is 0 Å². The fourth-order valence-electron chi connectivity index (χ4n) is 2.07. The second kappa shape index (κ2) is 8.28. The number of benzene rings is 1. The number of carbonyl (C=O) groups excluding carboxylic acids is 1. The standard InChI is InChI=1S/C16H18BrF2N3O3/c1-4-24-14-7-11(5-6-13(14)25-16(18)19)20-15(23)10(3)22-8-12(17)9(2)21-22/h5-8,10,16H,4H2,1-3H3,(H,20,23). The summed E-state index contributed by atoms with van der Waals surface area (Å²) in [6.45, 7) is 2.56. The third kappa shape index (κ3) is 4.91. The lowest BCUT2D eigenvalue weighted by atomic mass is 10.2. The largest absolute Gasteiger partial charge is 0.490 e. The SMILES string of the molecule is CCOc1cc(NC(=O)C(C)n2cc(Br)c(C)n2)ccc1OC(F)F. The number of nitrogens with one attached hydrogen (secondary N) is 1. The molecule has 0 bridgehead atoms. The van der Waals surface area contributed by atoms with Crippen molar-refractivity contribution in [3.8, 4) is 11.5 Å². The van der Waals surface area contributed by atoms with Gasteiger partial charge in [-0.1, -0.05) is 0 Å². The molecule has 1 unspecified atom stereocenters. The number of carbonyl (C=O) groups is 1. The number of aryl methyl sites for hydroxylation is 1. The van der Waals surface area contributed by atoms with Crippen LogP contribution in [0.1, 0.15) is 25.6 Å². The van der Waals surface area contributed by atoms with Gasteiger partial charge in [0.15, 0.2) is 11.5 Å². The van der Waals surface area contributed by atoms with E-state index in [9.17, 15) is 13.6 Å². The molecule has 0 saturated heterocycles. The quantitative estimate of drug-likeness (QED) is 0.734. The molecule has 1 atom stereocenters. The summed E-state index contributed by atoms with van der Waals surface area (Å²) >= 11 is 3.35. The Bertz CT molecular complexity index is 733. The van der Waals surface area contributed by atoms with Crippen molar-refractivity contribution in [3.63, 3.8) is 0 Å². The van der Waals surface area contributed by atoms with E-state index in [-0.39, 0.29) is 24.0 Å². The number of hydrogen-bond donors (Lipinski definition) is 1. The number of amides is 1. The van der Waals surface area contributed by atoms with Crippen LogP contribution in [0.3, 0.4) is 0 Å². The van der Waals surface area contributed by atoms with E-state index < -0.39 is 12.7 Å². The van der Waals surface area contributed by atoms with E-state index in [1.807, 2.05) is 6.92 Å². The molecule has 0 fully saturated rings. The van der Waals surface area contributed by atoms with Crippen LogP contribution < -0.4 is 14.8 Å². The summed E-state index contributed by atoms with van der Waals surface area (Å²) in [5.74, 6) is -0.263. The zero-order valence-electron chi connectivity index (χ0n) is 13.9. The number of aromatic nitrogens is 2. The molecule has 0 aliphatic carbocycles. The van der Waals surface area contributed by atoms with Crippen LogP contribution in [0.25, 0.3) is 0 Å². The summed E-state index contributed by atoms with van der Waals surface area (Å²) in [6.07, 6.45) is 1.71. The molecule has 0 aliphatic rings. The fraction of sp³-hybridized carbons (Fsp3) is 0.375. The highest BCUT2D eigenvalue weighted by Gasteiger charge is 2.18. The number of anilines is 1. The number of ether oxygens (including phenoxy) is 2. The van der Waals surface area contributed by atoms with Crippen molar-refractivity contribution in [2.45, 2.75) is 33.4 Å². The molecule has 0 saturated carbocycles. The van der Waals surface area contributed by atoms with Gasteiger partial charge in [-0.05, 0) is 48.8 Å². The van der Waals surface area contributed by atoms with Crippen molar-refractivity contribution in [2.24, 2.45) is 0 Å². The zero-order chi connectivity index (χ0) is 18.6. The Morgan fingerprint density at radius 3 is 2.68 bits per heavy atom. The summed E-state index contributed by atoms with van der Waals surface area (Å²) in [5, 5.41) is 6.96. The predicted molar refractivity (Wildman–Crippen MR) is 92.2 cm³/mol. The number of hydrogen-bond acceptors (Lipinski definition) is 4. The van der Waals surface area contributed by atoms with E-state index in [0.29, 0.717) is 5.69 Å². The maximum absolute atomic E-state index is 12.4. The normalized spacial score (nSPS) is 12.1. The average Bonchev–Trinajstić information content (AvgIpc) is 2.88. The molecule has 1 heterocycles. The molecule has 1 amide bonds. The molecule has 136 valence electrons. The predicted octanol–water partition coefficient (Wildman–Crippen LogP) is 4.15. The maximum atomic E-state index is 12.4. The van der Waals surface area contributed by atoms with Crippen molar-refractivity contribution in [1.29, 1.82) is 0 Å². The Balaban J connectivity index is 2.15. The number of alkyl halides is 2. The third-order valence-electron chi connectivity index (χ3n) is 3.36. The summed E-state index contributed by atoms with van der Waals surface area (Å²) in [4.78, 5) is 12.4. The van der Waals surface area contributed by atoms with Gasteiger partial charge >= 0.3 is 6.61 Å². The van der Waals surface area contributed by atoms with E-state index in [1.54, 1.807) is 20.0 Å². The van der Waals surface area contributed by atoms with Crippen LogP contribution in [0, 0.1) is 6.92 Å². The lowest BCUT2D eigenvalue weighted by molar-refractivity contribution is -0.119. The molecule has 0 aliphatic heterocycles. The van der Waals surface area contributed by atoms with Crippen molar-refractivity contribution in [3.05, 3.63) is 34.6 Å². The molecule has 0 spiro atoms. The summed E-state index contributed by atoms with van der Waals surface area (Å²) in [6, 6.07) is 3.68. The maximum Gasteiger partial charge on any atom is 0.387 e. The van der Waals surface area contributed by atoms with Gasteiger partial charge in [-0.15, -0.1) is 0 Å². The van der Waals surface area contributed by atoms with E-state index in [4.69, 9.17) is 4.74 Å². The van der Waals surface area contributed by atoms with E-state index in [1.165, 1.54) is 22.9 Å². The molecule has 1 N–H and O–H groups in total. The van der Waals surface area contributed by atoms with Crippen LogP contribution in [0.5, 0.6) is 11.5 Å². The van der Waals surface area contributed by atoms with Crippen LogP contribution in [-0.2, 0) is 4.79 Å². The third-order valence-corrected chi connectivity index (χ3v) is 4.14. The van der Waals surface area contributed by atoms with Gasteiger partial charge in [0.05, 0.1) is 16.8 Å². The molecule has 9 heteroatoms. The van der Waals surface area contributed by atoms with Crippen LogP contribution in [0.4, 0.5) is 14.5 Å². The number of rotatable bonds is 7. The first-order chi connectivity index (χ1) is 11.8. The first-order valence-corrected chi connectivity index (χ1v) is 8.35. The topological polar surface area (TPSA) is 65.4 Å².